The van der Waals surface area contributed by atoms with Crippen LogP contribution in [0.4, 0.5) is 0 Å². The van der Waals surface area contributed by atoms with Gasteiger partial charge in [-0.15, -0.1) is 0 Å². The number of aryl methyl sites for hydroxylation is 2. The third-order valence-electron chi connectivity index (χ3n) is 4.49. The standard InChI is InChI=1S/C19H24N2O4S/c1-13-9-15(24-3)10-14(2)19(13)26-21-8-7-20-6-4-5-16(20)17(21)11-25-12-18(22)23/h4-6,9-10,17H,7-8,11-12H2,1-3H3,(H,22,23). The van der Waals surface area contributed by atoms with Crippen LogP contribution in [0.15, 0.2) is 35.4 Å². The van der Waals surface area contributed by atoms with Gasteiger partial charge in [0.25, 0.3) is 0 Å². The number of aromatic nitrogens is 1. The highest BCUT2D eigenvalue weighted by molar-refractivity contribution is 7.97. The molecule has 1 unspecified atom stereocenters. The fourth-order valence-electron chi connectivity index (χ4n) is 3.27. The molecule has 0 radical (unpaired) electrons. The van der Waals surface area contributed by atoms with Crippen molar-refractivity contribution in [2.24, 2.45) is 0 Å². The number of rotatable bonds is 7. The predicted octanol–water partition coefficient (Wildman–Crippen LogP) is 3.28. The summed E-state index contributed by atoms with van der Waals surface area (Å²) in [4.78, 5) is 12.0. The van der Waals surface area contributed by atoms with Crippen LogP contribution < -0.4 is 4.74 Å². The zero-order valence-corrected chi connectivity index (χ0v) is 16.1. The van der Waals surface area contributed by atoms with E-state index in [1.54, 1.807) is 19.1 Å². The first-order chi connectivity index (χ1) is 12.5. The Hall–Kier alpha value is -1.96. The largest absolute Gasteiger partial charge is 0.497 e. The van der Waals surface area contributed by atoms with Gasteiger partial charge in [-0.25, -0.2) is 9.10 Å². The van der Waals surface area contributed by atoms with Gasteiger partial charge in [-0.2, -0.15) is 0 Å². The topological polar surface area (TPSA) is 63.9 Å². The number of methoxy groups -OCH3 is 1. The lowest BCUT2D eigenvalue weighted by atomic mass is 10.1. The molecule has 0 saturated heterocycles. The van der Waals surface area contributed by atoms with Gasteiger partial charge in [-0.3, -0.25) is 0 Å². The van der Waals surface area contributed by atoms with Crippen LogP contribution in [0.3, 0.4) is 0 Å². The zero-order valence-electron chi connectivity index (χ0n) is 15.3. The van der Waals surface area contributed by atoms with Crippen LogP contribution in [0, 0.1) is 13.8 Å². The van der Waals surface area contributed by atoms with Gasteiger partial charge in [0.15, 0.2) is 0 Å². The molecule has 6 nitrogen and oxygen atoms in total. The van der Waals surface area contributed by atoms with E-state index in [0.29, 0.717) is 6.61 Å². The Morgan fingerprint density at radius 1 is 1.31 bits per heavy atom. The maximum absolute atomic E-state index is 10.8. The van der Waals surface area contributed by atoms with Gasteiger partial charge >= 0.3 is 5.97 Å². The summed E-state index contributed by atoms with van der Waals surface area (Å²) in [6, 6.07) is 8.19. The van der Waals surface area contributed by atoms with Crippen LogP contribution >= 0.6 is 11.9 Å². The van der Waals surface area contributed by atoms with Gasteiger partial charge in [0, 0.05) is 29.9 Å². The molecular formula is C19H24N2O4S. The number of hydrogen-bond donors (Lipinski definition) is 1. The molecule has 1 atom stereocenters. The number of nitrogens with zero attached hydrogens (tertiary/aromatic N) is 2. The van der Waals surface area contributed by atoms with E-state index < -0.39 is 5.97 Å². The number of carbonyl (C=O) groups is 1. The predicted molar refractivity (Wildman–Crippen MR) is 101 cm³/mol. The molecule has 0 spiro atoms. The molecule has 1 aromatic heterocycles. The number of benzene rings is 1. The summed E-state index contributed by atoms with van der Waals surface area (Å²) < 4.78 is 15.3. The van der Waals surface area contributed by atoms with Crippen LogP contribution in [-0.4, -0.2) is 46.8 Å². The lowest BCUT2D eigenvalue weighted by molar-refractivity contribution is -0.142. The molecule has 2 heterocycles. The van der Waals surface area contributed by atoms with Crippen molar-refractivity contribution in [1.29, 1.82) is 0 Å². The Morgan fingerprint density at radius 2 is 2.04 bits per heavy atom. The van der Waals surface area contributed by atoms with Gasteiger partial charge in [0.1, 0.15) is 12.4 Å². The van der Waals surface area contributed by atoms with E-state index in [9.17, 15) is 4.79 Å². The van der Waals surface area contributed by atoms with E-state index >= 15 is 0 Å². The molecule has 0 fully saturated rings. The first-order valence-corrected chi connectivity index (χ1v) is 9.31. The Kier molecular flexibility index (Phi) is 5.90. The molecule has 2 aromatic rings. The van der Waals surface area contributed by atoms with E-state index in [1.165, 1.54) is 4.90 Å². The van der Waals surface area contributed by atoms with E-state index in [0.717, 1.165) is 35.7 Å². The highest BCUT2D eigenvalue weighted by atomic mass is 32.2. The average Bonchev–Trinajstić information content (AvgIpc) is 3.07. The second-order valence-electron chi connectivity index (χ2n) is 6.37. The normalized spacial score (nSPS) is 17.1. The molecule has 0 aliphatic carbocycles. The molecule has 3 rings (SSSR count). The van der Waals surface area contributed by atoms with Crippen LogP contribution in [0.1, 0.15) is 22.9 Å². The fraction of sp³-hybridized carbons (Fsp3) is 0.421. The number of ether oxygens (including phenoxy) is 2. The summed E-state index contributed by atoms with van der Waals surface area (Å²) in [6.07, 6.45) is 2.06. The van der Waals surface area contributed by atoms with Crippen LogP contribution in [-0.2, 0) is 16.1 Å². The lowest BCUT2D eigenvalue weighted by Crippen LogP contribution is -2.36. The number of carboxylic acid groups (broad SMARTS) is 1. The van der Waals surface area contributed by atoms with E-state index in [-0.39, 0.29) is 12.6 Å². The summed E-state index contributed by atoms with van der Waals surface area (Å²) >= 11 is 1.71. The molecule has 1 aliphatic heterocycles. The summed E-state index contributed by atoms with van der Waals surface area (Å²) in [5, 5.41) is 8.86. The maximum Gasteiger partial charge on any atom is 0.329 e. The Balaban J connectivity index is 1.82. The van der Waals surface area contributed by atoms with E-state index in [2.05, 4.69) is 35.0 Å². The second-order valence-corrected chi connectivity index (χ2v) is 7.43. The third kappa shape index (κ3) is 4.06. The fourth-order valence-corrected chi connectivity index (χ4v) is 4.38. The minimum Gasteiger partial charge on any atom is -0.497 e. The number of carboxylic acids is 1. The minimum atomic E-state index is -0.947. The zero-order chi connectivity index (χ0) is 18.7. The van der Waals surface area contributed by atoms with Gasteiger partial charge < -0.3 is 19.1 Å². The highest BCUT2D eigenvalue weighted by Gasteiger charge is 2.29. The first-order valence-electron chi connectivity index (χ1n) is 8.54. The third-order valence-corrected chi connectivity index (χ3v) is 5.99. The minimum absolute atomic E-state index is 0.00371. The number of aliphatic carboxylic acids is 1. The Bertz CT molecular complexity index is 767. The molecular weight excluding hydrogens is 352 g/mol. The van der Waals surface area contributed by atoms with E-state index in [4.69, 9.17) is 14.6 Å². The quantitative estimate of drug-likeness (QED) is 0.748. The second kappa shape index (κ2) is 8.16. The summed E-state index contributed by atoms with van der Waals surface area (Å²) in [5.74, 6) is -0.0875. The van der Waals surface area contributed by atoms with Crippen molar-refractivity contribution < 1.29 is 19.4 Å². The molecule has 0 bridgehead atoms. The molecule has 7 heteroatoms. The van der Waals surface area contributed by atoms with Crippen LogP contribution in [0.25, 0.3) is 0 Å². The van der Waals surface area contributed by atoms with Crippen LogP contribution in [0.5, 0.6) is 5.75 Å². The SMILES string of the molecule is COc1cc(C)c(SN2CCn3cccc3C2COCC(=O)O)c(C)c1. The number of fused-ring (bicyclic) bond motifs is 1. The number of hydrogen-bond acceptors (Lipinski definition) is 5. The van der Waals surface area contributed by atoms with Crippen molar-refractivity contribution in [3.8, 4) is 5.75 Å². The Morgan fingerprint density at radius 3 is 2.69 bits per heavy atom. The molecule has 140 valence electrons. The van der Waals surface area contributed by atoms with Crippen LogP contribution in [0.2, 0.25) is 0 Å². The first kappa shape index (κ1) is 18.8. The molecule has 0 saturated carbocycles. The average molecular weight is 376 g/mol. The molecule has 1 aliphatic rings. The molecule has 26 heavy (non-hydrogen) atoms. The molecule has 0 amide bonds. The van der Waals surface area contributed by atoms with E-state index in [1.807, 2.05) is 18.2 Å². The van der Waals surface area contributed by atoms with Gasteiger partial charge in [0.05, 0.1) is 19.8 Å². The van der Waals surface area contributed by atoms with Crippen molar-refractivity contribution in [3.63, 3.8) is 0 Å². The van der Waals surface area contributed by atoms with Gasteiger partial charge in [-0.1, -0.05) is 0 Å². The summed E-state index contributed by atoms with van der Waals surface area (Å²) in [5.41, 5.74) is 3.48. The molecule has 1 aromatic carbocycles. The van der Waals surface area contributed by atoms with Gasteiger partial charge in [0.2, 0.25) is 0 Å². The van der Waals surface area contributed by atoms with Crippen molar-refractivity contribution in [3.05, 3.63) is 47.3 Å². The highest BCUT2D eigenvalue weighted by Crippen LogP contribution is 2.39. The van der Waals surface area contributed by atoms with Crippen molar-refractivity contribution in [2.75, 3.05) is 26.9 Å². The Labute approximate surface area is 157 Å². The smallest absolute Gasteiger partial charge is 0.329 e. The van der Waals surface area contributed by atoms with Crippen molar-refractivity contribution in [2.45, 2.75) is 31.3 Å². The summed E-state index contributed by atoms with van der Waals surface area (Å²) in [7, 11) is 1.68. The maximum atomic E-state index is 10.8. The monoisotopic (exact) mass is 376 g/mol. The lowest BCUT2D eigenvalue weighted by Gasteiger charge is -2.36. The van der Waals surface area contributed by atoms with Crippen molar-refractivity contribution in [1.82, 2.24) is 8.87 Å². The summed E-state index contributed by atoms with van der Waals surface area (Å²) in [6.45, 7) is 5.99. The van der Waals surface area contributed by atoms with Gasteiger partial charge in [-0.05, 0) is 61.2 Å². The molecule has 1 N–H and O–H groups in total. The van der Waals surface area contributed by atoms with Crippen molar-refractivity contribution >= 4 is 17.9 Å².